The van der Waals surface area contributed by atoms with Gasteiger partial charge in [0.05, 0.1) is 7.85 Å². The molecule has 0 aliphatic carbocycles. The van der Waals surface area contributed by atoms with Crippen molar-refractivity contribution in [2.45, 2.75) is 51.1 Å². The van der Waals surface area contributed by atoms with Crippen LogP contribution >= 0.6 is 0 Å². The quantitative estimate of drug-likeness (QED) is 0.553. The summed E-state index contributed by atoms with van der Waals surface area (Å²) in [6, 6.07) is 0.343. The van der Waals surface area contributed by atoms with Crippen LogP contribution in [0.25, 0.3) is 0 Å². The molecular weight excluding hydrogens is 223 g/mol. The largest absolute Gasteiger partial charge is 0.385 e. The first-order valence-electron chi connectivity index (χ1n) is 6.89. The molecule has 18 heavy (non-hydrogen) atoms. The van der Waals surface area contributed by atoms with Crippen LogP contribution in [0.4, 0.5) is 0 Å². The molecule has 0 aromatic heterocycles. The second-order valence-electron chi connectivity index (χ2n) is 5.63. The molecule has 0 bridgehead atoms. The average Bonchev–Trinajstić information content (AvgIpc) is 2.62. The summed E-state index contributed by atoms with van der Waals surface area (Å²) in [5.74, 6) is 0.637. The lowest BCUT2D eigenvalue weighted by Gasteiger charge is -2.40. The van der Waals surface area contributed by atoms with E-state index in [-0.39, 0.29) is 6.04 Å². The van der Waals surface area contributed by atoms with Gasteiger partial charge in [-0.3, -0.25) is 0 Å². The van der Waals surface area contributed by atoms with Gasteiger partial charge in [-0.25, -0.2) is 0 Å². The molecule has 0 aromatic rings. The van der Waals surface area contributed by atoms with E-state index in [0.717, 1.165) is 19.4 Å². The fraction of sp³-hybridized carbons (Fsp3) is 0.857. The van der Waals surface area contributed by atoms with Crippen molar-refractivity contribution in [3.8, 4) is 0 Å². The second kappa shape index (κ2) is 6.74. The molecular formula is C14H27BN2O. The Morgan fingerprint density at radius 1 is 1.61 bits per heavy atom. The molecule has 3 N–H and O–H groups in total. The van der Waals surface area contributed by atoms with Gasteiger partial charge in [0, 0.05) is 31.2 Å². The Bertz CT molecular complexity index is 285. The summed E-state index contributed by atoms with van der Waals surface area (Å²) >= 11 is 0. The predicted molar refractivity (Wildman–Crippen MR) is 77.6 cm³/mol. The van der Waals surface area contributed by atoms with Crippen LogP contribution in [0, 0.1) is 11.8 Å². The zero-order valence-electron chi connectivity index (χ0n) is 12.1. The minimum Gasteiger partial charge on any atom is -0.385 e. The number of hydrogen-bond donors (Lipinski definition) is 2. The molecule has 1 fully saturated rings. The molecule has 1 aliphatic rings. The van der Waals surface area contributed by atoms with Crippen molar-refractivity contribution in [1.82, 2.24) is 5.32 Å². The van der Waals surface area contributed by atoms with E-state index in [2.05, 4.69) is 31.3 Å². The molecule has 2 radical (unpaired) electrons. The first kappa shape index (κ1) is 15.7. The topological polar surface area (TPSA) is 47.3 Å². The maximum absolute atomic E-state index is 6.57. The van der Waals surface area contributed by atoms with Crippen LogP contribution in [0.1, 0.15) is 33.6 Å². The standard InChI is InChI=1S/C14H27BN2O/c1-5-6-12-9-11(3)17-14(12,15)13(16)10(2)7-8-18-4/h5-6,10-13,17H,7-9,16H2,1-4H3/b6-5-. The van der Waals surface area contributed by atoms with Gasteiger partial charge in [0.25, 0.3) is 0 Å². The zero-order chi connectivity index (χ0) is 13.8. The van der Waals surface area contributed by atoms with Gasteiger partial charge in [-0.05, 0) is 38.5 Å². The van der Waals surface area contributed by atoms with Crippen molar-refractivity contribution in [1.29, 1.82) is 0 Å². The first-order chi connectivity index (χ1) is 8.45. The number of methoxy groups -OCH3 is 1. The fourth-order valence-corrected chi connectivity index (χ4v) is 2.94. The van der Waals surface area contributed by atoms with Gasteiger partial charge in [0.1, 0.15) is 0 Å². The summed E-state index contributed by atoms with van der Waals surface area (Å²) in [5.41, 5.74) is 5.90. The van der Waals surface area contributed by atoms with E-state index in [4.69, 9.17) is 18.3 Å². The molecule has 0 amide bonds. The van der Waals surface area contributed by atoms with Crippen molar-refractivity contribution in [3.05, 3.63) is 12.2 Å². The van der Waals surface area contributed by atoms with Crippen molar-refractivity contribution < 1.29 is 4.74 Å². The molecule has 1 heterocycles. The SMILES string of the molecule is [B]C1(C(N)C(C)CCOC)NC(C)CC1/C=C\C. The molecule has 0 aromatic carbocycles. The van der Waals surface area contributed by atoms with E-state index in [1.54, 1.807) is 7.11 Å². The van der Waals surface area contributed by atoms with Crippen LogP contribution in [-0.2, 0) is 4.74 Å². The highest BCUT2D eigenvalue weighted by Crippen LogP contribution is 2.34. The Morgan fingerprint density at radius 3 is 2.83 bits per heavy atom. The second-order valence-corrected chi connectivity index (χ2v) is 5.63. The Labute approximate surface area is 113 Å². The number of allylic oxidation sites excluding steroid dienone is 1. The van der Waals surface area contributed by atoms with Crippen molar-refractivity contribution in [2.24, 2.45) is 17.6 Å². The number of nitrogens with one attached hydrogen (secondary N) is 1. The van der Waals surface area contributed by atoms with Crippen LogP contribution in [0.15, 0.2) is 12.2 Å². The van der Waals surface area contributed by atoms with E-state index >= 15 is 0 Å². The molecule has 1 aliphatic heterocycles. The first-order valence-corrected chi connectivity index (χ1v) is 6.89. The molecule has 5 unspecified atom stereocenters. The lowest BCUT2D eigenvalue weighted by atomic mass is 9.62. The summed E-state index contributed by atoms with van der Waals surface area (Å²) in [4.78, 5) is 0. The third-order valence-corrected chi connectivity index (χ3v) is 4.08. The van der Waals surface area contributed by atoms with Gasteiger partial charge in [0.15, 0.2) is 0 Å². The highest BCUT2D eigenvalue weighted by Gasteiger charge is 2.45. The van der Waals surface area contributed by atoms with Crippen LogP contribution in [-0.4, -0.2) is 39.1 Å². The maximum atomic E-state index is 6.57. The number of hydrogen-bond acceptors (Lipinski definition) is 3. The molecule has 5 atom stereocenters. The van der Waals surface area contributed by atoms with Crippen molar-refractivity contribution in [2.75, 3.05) is 13.7 Å². The van der Waals surface area contributed by atoms with E-state index in [1.807, 2.05) is 6.92 Å². The lowest BCUT2D eigenvalue weighted by Crippen LogP contribution is -2.62. The van der Waals surface area contributed by atoms with E-state index in [1.165, 1.54) is 0 Å². The minimum atomic E-state index is -0.501. The molecule has 0 spiro atoms. The molecule has 0 saturated carbocycles. The molecule has 102 valence electrons. The molecule has 4 heteroatoms. The smallest absolute Gasteiger partial charge is 0.0983 e. The summed E-state index contributed by atoms with van der Waals surface area (Å²) in [7, 11) is 8.29. The normalized spacial score (nSPS) is 36.1. The minimum absolute atomic E-state index is 0.0706. The van der Waals surface area contributed by atoms with Crippen molar-refractivity contribution >= 4 is 7.85 Å². The van der Waals surface area contributed by atoms with E-state index < -0.39 is 5.44 Å². The fourth-order valence-electron chi connectivity index (χ4n) is 2.94. The molecule has 3 nitrogen and oxygen atoms in total. The molecule has 1 saturated heterocycles. The summed E-state index contributed by atoms with van der Waals surface area (Å²) in [6.45, 7) is 7.07. The lowest BCUT2D eigenvalue weighted by molar-refractivity contribution is 0.164. The van der Waals surface area contributed by atoms with Crippen molar-refractivity contribution in [3.63, 3.8) is 0 Å². The summed E-state index contributed by atoms with van der Waals surface area (Å²) < 4.78 is 5.12. The van der Waals surface area contributed by atoms with Crippen LogP contribution in [0.3, 0.4) is 0 Å². The Balaban J connectivity index is 2.76. The number of nitrogens with two attached hydrogens (primary N) is 1. The summed E-state index contributed by atoms with van der Waals surface area (Å²) in [6.07, 6.45) is 6.23. The Hall–Kier alpha value is -0.315. The highest BCUT2D eigenvalue weighted by molar-refractivity contribution is 6.16. The van der Waals surface area contributed by atoms with Crippen LogP contribution < -0.4 is 11.1 Å². The monoisotopic (exact) mass is 250 g/mol. The van der Waals surface area contributed by atoms with E-state index in [0.29, 0.717) is 17.9 Å². The van der Waals surface area contributed by atoms with Gasteiger partial charge in [0.2, 0.25) is 0 Å². The van der Waals surface area contributed by atoms with Gasteiger partial charge >= 0.3 is 0 Å². The highest BCUT2D eigenvalue weighted by atomic mass is 16.5. The Morgan fingerprint density at radius 2 is 2.28 bits per heavy atom. The van der Waals surface area contributed by atoms with Gasteiger partial charge in [-0.15, -0.1) is 0 Å². The zero-order valence-corrected chi connectivity index (χ0v) is 12.1. The van der Waals surface area contributed by atoms with E-state index in [9.17, 15) is 0 Å². The number of ether oxygens (including phenoxy) is 1. The maximum Gasteiger partial charge on any atom is 0.0983 e. The number of rotatable bonds is 6. The summed E-state index contributed by atoms with van der Waals surface area (Å²) in [5, 5.41) is 3.48. The van der Waals surface area contributed by atoms with Gasteiger partial charge in [-0.2, -0.15) is 0 Å². The Kier molecular flexibility index (Phi) is 5.89. The third kappa shape index (κ3) is 3.37. The predicted octanol–water partition coefficient (Wildman–Crippen LogP) is 1.43. The third-order valence-electron chi connectivity index (χ3n) is 4.08. The van der Waals surface area contributed by atoms with Crippen LogP contribution in [0.5, 0.6) is 0 Å². The van der Waals surface area contributed by atoms with Gasteiger partial charge < -0.3 is 15.8 Å². The van der Waals surface area contributed by atoms with Crippen LogP contribution in [0.2, 0.25) is 0 Å². The molecule has 1 rings (SSSR count). The average molecular weight is 250 g/mol. The van der Waals surface area contributed by atoms with Gasteiger partial charge in [-0.1, -0.05) is 19.1 Å².